The quantitative estimate of drug-likeness (QED) is 0.894. The standard InChI is InChI=1S/C16H24N2O3/c1-15(2,3)21-14(19)18-11-5-6-13(20-4)12(9-11)16(10-17)7-8-16/h5-6,9H,7-8,10,17H2,1-4H3,(H,18,19). The molecule has 0 aromatic heterocycles. The summed E-state index contributed by atoms with van der Waals surface area (Å²) in [6, 6.07) is 5.60. The molecule has 0 unspecified atom stereocenters. The van der Waals surface area contributed by atoms with E-state index in [2.05, 4.69) is 5.32 Å². The molecule has 0 spiro atoms. The third-order valence-electron chi connectivity index (χ3n) is 3.66. The van der Waals surface area contributed by atoms with Gasteiger partial charge in [0.25, 0.3) is 0 Å². The van der Waals surface area contributed by atoms with Crippen molar-refractivity contribution in [3.05, 3.63) is 23.8 Å². The van der Waals surface area contributed by atoms with Crippen molar-refractivity contribution in [1.29, 1.82) is 0 Å². The van der Waals surface area contributed by atoms with Crippen molar-refractivity contribution in [1.82, 2.24) is 0 Å². The summed E-state index contributed by atoms with van der Waals surface area (Å²) in [5.41, 5.74) is 7.12. The first-order valence-electron chi connectivity index (χ1n) is 7.18. The summed E-state index contributed by atoms with van der Waals surface area (Å²) in [6.07, 6.45) is 1.64. The van der Waals surface area contributed by atoms with Crippen molar-refractivity contribution in [2.24, 2.45) is 5.73 Å². The van der Waals surface area contributed by atoms with Gasteiger partial charge in [-0.25, -0.2) is 4.79 Å². The summed E-state index contributed by atoms with van der Waals surface area (Å²) in [7, 11) is 1.65. The molecule has 1 aromatic carbocycles. The van der Waals surface area contributed by atoms with Gasteiger partial charge in [0.2, 0.25) is 0 Å². The molecule has 116 valence electrons. The molecule has 0 atom stereocenters. The maximum atomic E-state index is 11.8. The first kappa shape index (κ1) is 15.6. The zero-order valence-electron chi connectivity index (χ0n) is 13.2. The van der Waals surface area contributed by atoms with E-state index in [9.17, 15) is 4.79 Å². The Balaban J connectivity index is 2.19. The monoisotopic (exact) mass is 292 g/mol. The van der Waals surface area contributed by atoms with Gasteiger partial charge < -0.3 is 15.2 Å². The lowest BCUT2D eigenvalue weighted by Crippen LogP contribution is -2.27. The third-order valence-corrected chi connectivity index (χ3v) is 3.66. The van der Waals surface area contributed by atoms with Gasteiger partial charge in [0, 0.05) is 23.2 Å². The predicted octanol–water partition coefficient (Wildman–Crippen LogP) is 3.03. The van der Waals surface area contributed by atoms with Crippen molar-refractivity contribution in [3.63, 3.8) is 0 Å². The van der Waals surface area contributed by atoms with Gasteiger partial charge in [-0.15, -0.1) is 0 Å². The zero-order chi connectivity index (χ0) is 15.7. The van der Waals surface area contributed by atoms with Crippen LogP contribution in [0.5, 0.6) is 5.75 Å². The molecule has 1 saturated carbocycles. The summed E-state index contributed by atoms with van der Waals surface area (Å²) in [6.45, 7) is 6.08. The van der Waals surface area contributed by atoms with Gasteiger partial charge >= 0.3 is 6.09 Å². The molecule has 1 aliphatic rings. The second-order valence-electron chi connectivity index (χ2n) is 6.53. The molecule has 0 radical (unpaired) electrons. The summed E-state index contributed by atoms with van der Waals surface area (Å²) < 4.78 is 10.7. The Bertz CT molecular complexity index is 531. The summed E-state index contributed by atoms with van der Waals surface area (Å²) in [5.74, 6) is 0.813. The van der Waals surface area contributed by atoms with E-state index in [1.165, 1.54) is 0 Å². The van der Waals surface area contributed by atoms with E-state index >= 15 is 0 Å². The normalized spacial score (nSPS) is 16.2. The fraction of sp³-hybridized carbons (Fsp3) is 0.562. The Morgan fingerprint density at radius 1 is 1.38 bits per heavy atom. The van der Waals surface area contributed by atoms with Crippen LogP contribution in [0.15, 0.2) is 18.2 Å². The number of carbonyl (C=O) groups excluding carboxylic acids is 1. The Morgan fingerprint density at radius 3 is 2.52 bits per heavy atom. The number of hydrogen-bond donors (Lipinski definition) is 2. The molecular formula is C16H24N2O3. The van der Waals surface area contributed by atoms with Crippen molar-refractivity contribution >= 4 is 11.8 Å². The Labute approximate surface area is 125 Å². The largest absolute Gasteiger partial charge is 0.496 e. The minimum absolute atomic E-state index is 0.00301. The van der Waals surface area contributed by atoms with Crippen LogP contribution in [-0.2, 0) is 10.2 Å². The first-order valence-corrected chi connectivity index (χ1v) is 7.18. The molecule has 2 rings (SSSR count). The number of carbonyl (C=O) groups is 1. The van der Waals surface area contributed by atoms with E-state index in [1.54, 1.807) is 13.2 Å². The topological polar surface area (TPSA) is 73.6 Å². The molecule has 3 N–H and O–H groups in total. The highest BCUT2D eigenvalue weighted by Crippen LogP contribution is 2.51. The van der Waals surface area contributed by atoms with Crippen LogP contribution in [0.1, 0.15) is 39.2 Å². The second kappa shape index (κ2) is 5.56. The summed E-state index contributed by atoms with van der Waals surface area (Å²) in [5, 5.41) is 2.76. The molecule has 1 aromatic rings. The van der Waals surface area contributed by atoms with Crippen LogP contribution in [0.3, 0.4) is 0 Å². The van der Waals surface area contributed by atoms with Gasteiger partial charge in [0.15, 0.2) is 0 Å². The van der Waals surface area contributed by atoms with E-state index in [4.69, 9.17) is 15.2 Å². The van der Waals surface area contributed by atoms with Crippen LogP contribution >= 0.6 is 0 Å². The number of hydrogen-bond acceptors (Lipinski definition) is 4. The molecule has 5 heteroatoms. The van der Waals surface area contributed by atoms with Crippen LogP contribution in [0.2, 0.25) is 0 Å². The van der Waals surface area contributed by atoms with Crippen molar-refractivity contribution < 1.29 is 14.3 Å². The molecule has 21 heavy (non-hydrogen) atoms. The first-order chi connectivity index (χ1) is 9.79. The molecule has 1 aliphatic carbocycles. The SMILES string of the molecule is COc1ccc(NC(=O)OC(C)(C)C)cc1C1(CN)CC1. The van der Waals surface area contributed by atoms with E-state index in [1.807, 2.05) is 32.9 Å². The predicted molar refractivity (Wildman–Crippen MR) is 82.8 cm³/mol. The number of ether oxygens (including phenoxy) is 2. The smallest absolute Gasteiger partial charge is 0.412 e. The number of amides is 1. The molecule has 0 heterocycles. The van der Waals surface area contributed by atoms with Gasteiger partial charge in [0.05, 0.1) is 7.11 Å². The molecule has 0 bridgehead atoms. The number of nitrogens with one attached hydrogen (secondary N) is 1. The minimum Gasteiger partial charge on any atom is -0.496 e. The summed E-state index contributed by atoms with van der Waals surface area (Å²) >= 11 is 0. The van der Waals surface area contributed by atoms with Crippen molar-refractivity contribution in [2.75, 3.05) is 19.0 Å². The maximum Gasteiger partial charge on any atom is 0.412 e. The molecule has 5 nitrogen and oxygen atoms in total. The number of rotatable bonds is 4. The zero-order valence-corrected chi connectivity index (χ0v) is 13.2. The van der Waals surface area contributed by atoms with Crippen LogP contribution in [0.25, 0.3) is 0 Å². The van der Waals surface area contributed by atoms with Crippen LogP contribution < -0.4 is 15.8 Å². The lowest BCUT2D eigenvalue weighted by Gasteiger charge is -2.21. The summed E-state index contributed by atoms with van der Waals surface area (Å²) in [4.78, 5) is 11.8. The number of benzene rings is 1. The average molecular weight is 292 g/mol. The van der Waals surface area contributed by atoms with Gasteiger partial charge in [-0.3, -0.25) is 5.32 Å². The highest BCUT2D eigenvalue weighted by Gasteiger charge is 2.45. The van der Waals surface area contributed by atoms with E-state index in [0.29, 0.717) is 12.2 Å². The van der Waals surface area contributed by atoms with Crippen LogP contribution in [0.4, 0.5) is 10.5 Å². The van der Waals surface area contributed by atoms with Crippen LogP contribution in [-0.4, -0.2) is 25.3 Å². The maximum absolute atomic E-state index is 11.8. The molecule has 0 saturated heterocycles. The molecule has 1 amide bonds. The van der Waals surface area contributed by atoms with E-state index in [0.717, 1.165) is 24.2 Å². The molecule has 1 fully saturated rings. The Morgan fingerprint density at radius 2 is 2.05 bits per heavy atom. The van der Waals surface area contributed by atoms with E-state index < -0.39 is 11.7 Å². The van der Waals surface area contributed by atoms with Gasteiger partial charge in [0.1, 0.15) is 11.4 Å². The highest BCUT2D eigenvalue weighted by atomic mass is 16.6. The lowest BCUT2D eigenvalue weighted by atomic mass is 9.94. The third kappa shape index (κ3) is 3.67. The van der Waals surface area contributed by atoms with Gasteiger partial charge in [-0.2, -0.15) is 0 Å². The van der Waals surface area contributed by atoms with Gasteiger partial charge in [-0.05, 0) is 51.8 Å². The van der Waals surface area contributed by atoms with Crippen molar-refractivity contribution in [3.8, 4) is 5.75 Å². The highest BCUT2D eigenvalue weighted by molar-refractivity contribution is 5.85. The Hall–Kier alpha value is -1.75. The van der Waals surface area contributed by atoms with E-state index in [-0.39, 0.29) is 5.41 Å². The number of nitrogens with two attached hydrogens (primary N) is 1. The number of methoxy groups -OCH3 is 1. The lowest BCUT2D eigenvalue weighted by molar-refractivity contribution is 0.0636. The molecular weight excluding hydrogens is 268 g/mol. The fourth-order valence-corrected chi connectivity index (χ4v) is 2.36. The fourth-order valence-electron chi connectivity index (χ4n) is 2.36. The van der Waals surface area contributed by atoms with Crippen molar-refractivity contribution in [2.45, 2.75) is 44.6 Å². The minimum atomic E-state index is -0.519. The number of anilines is 1. The van der Waals surface area contributed by atoms with Crippen LogP contribution in [0, 0.1) is 0 Å². The Kier molecular flexibility index (Phi) is 4.14. The second-order valence-corrected chi connectivity index (χ2v) is 6.53. The average Bonchev–Trinajstić information content (AvgIpc) is 3.17. The van der Waals surface area contributed by atoms with Gasteiger partial charge in [-0.1, -0.05) is 0 Å². The molecule has 0 aliphatic heterocycles.